The Kier molecular flexibility index (Phi) is 5.11. The van der Waals surface area contributed by atoms with Crippen molar-refractivity contribution in [3.05, 3.63) is 53.4 Å². The summed E-state index contributed by atoms with van der Waals surface area (Å²) in [7, 11) is 1.48. The number of hydrogen-bond acceptors (Lipinski definition) is 5. The van der Waals surface area contributed by atoms with Gasteiger partial charge >= 0.3 is 5.97 Å². The zero-order valence-electron chi connectivity index (χ0n) is 16.9. The van der Waals surface area contributed by atoms with Crippen molar-refractivity contribution in [2.45, 2.75) is 38.3 Å². The maximum absolute atomic E-state index is 12.6. The van der Waals surface area contributed by atoms with Gasteiger partial charge in [-0.1, -0.05) is 30.3 Å². The Balaban J connectivity index is 1.49. The van der Waals surface area contributed by atoms with Crippen LogP contribution in [0.4, 0.5) is 5.82 Å². The lowest BCUT2D eigenvalue weighted by atomic mass is 9.61. The zero-order valence-corrected chi connectivity index (χ0v) is 17.7. The number of benzene rings is 1. The monoisotopic (exact) mass is 424 g/mol. The van der Waals surface area contributed by atoms with Crippen LogP contribution >= 0.6 is 11.6 Å². The number of carbonyl (C=O) groups excluding carboxylic acids is 1. The highest BCUT2D eigenvalue weighted by atomic mass is 35.5. The van der Waals surface area contributed by atoms with Gasteiger partial charge in [0, 0.05) is 18.8 Å². The Bertz CT molecular complexity index is 1060. The molecule has 156 valence electrons. The summed E-state index contributed by atoms with van der Waals surface area (Å²) in [5.41, 5.74) is 1.98. The quantitative estimate of drug-likeness (QED) is 0.481. The number of methoxy groups -OCH3 is 1. The van der Waals surface area contributed by atoms with Gasteiger partial charge in [-0.05, 0) is 60.7 Å². The van der Waals surface area contributed by atoms with Crippen molar-refractivity contribution in [3.8, 4) is 0 Å². The van der Waals surface area contributed by atoms with E-state index >= 15 is 0 Å². The molecule has 0 aliphatic heterocycles. The fourth-order valence-electron chi connectivity index (χ4n) is 5.35. The third kappa shape index (κ3) is 3.43. The number of carbonyl (C=O) groups is 1. The van der Waals surface area contributed by atoms with Gasteiger partial charge in [-0.2, -0.15) is 4.98 Å². The molecule has 1 aromatic carbocycles. The minimum absolute atomic E-state index is 0.0107. The first-order valence-corrected chi connectivity index (χ1v) is 10.9. The molecule has 0 saturated heterocycles. The van der Waals surface area contributed by atoms with Crippen LogP contribution in [0.2, 0.25) is 5.28 Å². The number of ether oxygens (including phenoxy) is 1. The van der Waals surface area contributed by atoms with Crippen LogP contribution in [0, 0.1) is 17.8 Å². The molecule has 2 atom stereocenters. The molecule has 1 N–H and O–H groups in total. The molecule has 0 amide bonds. The van der Waals surface area contributed by atoms with Gasteiger partial charge in [0.15, 0.2) is 0 Å². The summed E-state index contributed by atoms with van der Waals surface area (Å²) >= 11 is 6.31. The van der Waals surface area contributed by atoms with Crippen LogP contribution < -0.4 is 5.32 Å². The number of halogens is 1. The van der Waals surface area contributed by atoms with E-state index in [1.54, 1.807) is 0 Å². The number of esters is 1. The predicted octanol–water partition coefficient (Wildman–Crippen LogP) is 4.52. The maximum atomic E-state index is 12.6. The second-order valence-corrected chi connectivity index (χ2v) is 8.74. The second kappa shape index (κ2) is 7.91. The fraction of sp³-hybridized carbons (Fsp3) is 0.435. The molecule has 3 aliphatic carbocycles. The number of aromatic nitrogens is 3. The first-order valence-electron chi connectivity index (χ1n) is 10.5. The highest BCUT2D eigenvalue weighted by molar-refractivity contribution is 6.28. The molecule has 0 radical (unpaired) electrons. The lowest BCUT2D eigenvalue weighted by Crippen LogP contribution is -2.51. The van der Waals surface area contributed by atoms with E-state index in [4.69, 9.17) is 16.3 Å². The van der Waals surface area contributed by atoms with Gasteiger partial charge < -0.3 is 14.6 Å². The zero-order chi connectivity index (χ0) is 20.7. The van der Waals surface area contributed by atoms with Gasteiger partial charge in [-0.25, -0.2) is 4.98 Å². The van der Waals surface area contributed by atoms with Crippen LogP contribution in [0.25, 0.3) is 11.0 Å². The lowest BCUT2D eigenvalue weighted by molar-refractivity contribution is -0.152. The summed E-state index contributed by atoms with van der Waals surface area (Å²) < 4.78 is 7.23. The molecule has 6 rings (SSSR count). The molecular weight excluding hydrogens is 400 g/mol. The van der Waals surface area contributed by atoms with Crippen LogP contribution in [0.15, 0.2) is 42.6 Å². The molecule has 3 saturated carbocycles. The first kappa shape index (κ1) is 19.4. The lowest BCUT2D eigenvalue weighted by Gasteiger charge is -2.47. The summed E-state index contributed by atoms with van der Waals surface area (Å²) in [4.78, 5) is 21.6. The highest BCUT2D eigenvalue weighted by Gasteiger charge is 2.48. The summed E-state index contributed by atoms with van der Waals surface area (Å²) in [5.74, 6) is 1.24. The Labute approximate surface area is 180 Å². The van der Waals surface area contributed by atoms with E-state index in [9.17, 15) is 4.79 Å². The molecule has 3 aliphatic rings. The number of rotatable bonds is 5. The van der Waals surface area contributed by atoms with Crippen LogP contribution in [0.1, 0.15) is 31.2 Å². The SMILES string of the molecule is COC(=O)C1C2CCC(CC2)C1Nc1nc(Cl)nc2c1ccn2Cc1ccccc1. The van der Waals surface area contributed by atoms with Crippen molar-refractivity contribution in [2.24, 2.45) is 17.8 Å². The molecule has 2 heterocycles. The van der Waals surface area contributed by atoms with E-state index in [0.29, 0.717) is 24.2 Å². The standard InChI is InChI=1S/C23H25ClN4O2/c1-30-22(29)18-15-7-9-16(10-8-15)19(18)25-20-17-11-12-28(21(17)27-23(24)26-20)13-14-5-3-2-4-6-14/h2-6,11-12,15-16,18-19H,7-10,13H2,1H3,(H,25,26,27). The smallest absolute Gasteiger partial charge is 0.311 e. The molecule has 7 heteroatoms. The fourth-order valence-corrected chi connectivity index (χ4v) is 5.51. The molecule has 0 spiro atoms. The number of fused-ring (bicyclic) bond motifs is 4. The average molecular weight is 425 g/mol. The Morgan fingerprint density at radius 2 is 1.87 bits per heavy atom. The average Bonchev–Trinajstić information content (AvgIpc) is 3.17. The summed E-state index contributed by atoms with van der Waals surface area (Å²) in [6.45, 7) is 0.704. The van der Waals surface area contributed by atoms with Crippen molar-refractivity contribution in [3.63, 3.8) is 0 Å². The second-order valence-electron chi connectivity index (χ2n) is 8.40. The van der Waals surface area contributed by atoms with E-state index in [2.05, 4.69) is 32.0 Å². The number of hydrogen-bond donors (Lipinski definition) is 1. The molecule has 2 unspecified atom stereocenters. The first-order chi connectivity index (χ1) is 14.6. The Hall–Kier alpha value is -2.60. The van der Waals surface area contributed by atoms with Gasteiger partial charge in [0.1, 0.15) is 11.5 Å². The predicted molar refractivity (Wildman–Crippen MR) is 116 cm³/mol. The van der Waals surface area contributed by atoms with Gasteiger partial charge in [-0.3, -0.25) is 4.79 Å². The van der Waals surface area contributed by atoms with Crippen LogP contribution in [0.3, 0.4) is 0 Å². The summed E-state index contributed by atoms with van der Waals surface area (Å²) in [6.07, 6.45) is 6.46. The van der Waals surface area contributed by atoms with E-state index in [0.717, 1.165) is 36.7 Å². The van der Waals surface area contributed by atoms with Crippen molar-refractivity contribution >= 4 is 34.4 Å². The van der Waals surface area contributed by atoms with Crippen LogP contribution in [0.5, 0.6) is 0 Å². The summed E-state index contributed by atoms with van der Waals surface area (Å²) in [6, 6.07) is 12.3. The molecular formula is C23H25ClN4O2. The topological polar surface area (TPSA) is 69.0 Å². The van der Waals surface area contributed by atoms with E-state index in [1.807, 2.05) is 30.5 Å². The molecule has 6 nitrogen and oxygen atoms in total. The molecule has 3 aromatic rings. The van der Waals surface area contributed by atoms with E-state index < -0.39 is 0 Å². The van der Waals surface area contributed by atoms with E-state index in [-0.39, 0.29) is 23.2 Å². The number of nitrogens with zero attached hydrogens (tertiary/aromatic N) is 3. The van der Waals surface area contributed by atoms with Gasteiger partial charge in [0.2, 0.25) is 5.28 Å². The van der Waals surface area contributed by atoms with Crippen LogP contribution in [-0.4, -0.2) is 33.7 Å². The van der Waals surface area contributed by atoms with Crippen molar-refractivity contribution in [1.82, 2.24) is 14.5 Å². The largest absolute Gasteiger partial charge is 0.469 e. The molecule has 2 aromatic heterocycles. The number of anilines is 1. The highest BCUT2D eigenvalue weighted by Crippen LogP contribution is 2.47. The van der Waals surface area contributed by atoms with Gasteiger partial charge in [0.05, 0.1) is 18.4 Å². The third-order valence-corrected chi connectivity index (χ3v) is 6.95. The normalized spacial score (nSPS) is 25.4. The van der Waals surface area contributed by atoms with E-state index in [1.165, 1.54) is 12.7 Å². The van der Waals surface area contributed by atoms with Gasteiger partial charge in [-0.15, -0.1) is 0 Å². The van der Waals surface area contributed by atoms with Crippen molar-refractivity contribution in [1.29, 1.82) is 0 Å². The minimum Gasteiger partial charge on any atom is -0.469 e. The van der Waals surface area contributed by atoms with Gasteiger partial charge in [0.25, 0.3) is 0 Å². The number of nitrogens with one attached hydrogen (secondary N) is 1. The molecule has 2 bridgehead atoms. The molecule has 3 fully saturated rings. The van der Waals surface area contributed by atoms with Crippen LogP contribution in [-0.2, 0) is 16.1 Å². The Morgan fingerprint density at radius 3 is 2.60 bits per heavy atom. The maximum Gasteiger partial charge on any atom is 0.311 e. The Morgan fingerprint density at radius 1 is 1.13 bits per heavy atom. The van der Waals surface area contributed by atoms with Crippen molar-refractivity contribution < 1.29 is 9.53 Å². The third-order valence-electron chi connectivity index (χ3n) is 6.78. The molecule has 30 heavy (non-hydrogen) atoms. The summed E-state index contributed by atoms with van der Waals surface area (Å²) in [5, 5.41) is 4.71. The van der Waals surface area contributed by atoms with Crippen molar-refractivity contribution in [2.75, 3.05) is 12.4 Å². The minimum atomic E-state index is -0.141.